The summed E-state index contributed by atoms with van der Waals surface area (Å²) < 4.78 is 5.07. The third kappa shape index (κ3) is 4.18. The van der Waals surface area contributed by atoms with Crippen LogP contribution in [0.3, 0.4) is 0 Å². The fourth-order valence-corrected chi connectivity index (χ4v) is 2.85. The van der Waals surface area contributed by atoms with E-state index in [2.05, 4.69) is 10.3 Å². The highest BCUT2D eigenvalue weighted by Crippen LogP contribution is 2.25. The summed E-state index contributed by atoms with van der Waals surface area (Å²) in [5.41, 5.74) is 1.93. The number of carbonyl (C=O) groups excluding carboxylic acids is 2. The van der Waals surface area contributed by atoms with Gasteiger partial charge in [-0.05, 0) is 36.8 Å². The first-order valence-electron chi connectivity index (χ1n) is 7.93. The number of fused-ring (bicyclic) bond motifs is 1. The van der Waals surface area contributed by atoms with Gasteiger partial charge in [0.25, 0.3) is 5.91 Å². The largest absolute Gasteiger partial charge is 0.451 e. The lowest BCUT2D eigenvalue weighted by atomic mass is 10.1. The van der Waals surface area contributed by atoms with Gasteiger partial charge < -0.3 is 15.0 Å². The van der Waals surface area contributed by atoms with E-state index in [1.54, 1.807) is 31.2 Å². The van der Waals surface area contributed by atoms with Crippen molar-refractivity contribution in [2.75, 3.05) is 6.61 Å². The Morgan fingerprint density at radius 3 is 2.62 bits per heavy atom. The molecule has 3 rings (SSSR count). The maximum absolute atomic E-state index is 12.1. The van der Waals surface area contributed by atoms with Crippen molar-refractivity contribution >= 4 is 46.0 Å². The number of amides is 1. The van der Waals surface area contributed by atoms with E-state index in [9.17, 15) is 9.59 Å². The van der Waals surface area contributed by atoms with Gasteiger partial charge in [0.1, 0.15) is 5.69 Å². The Labute approximate surface area is 160 Å². The summed E-state index contributed by atoms with van der Waals surface area (Å²) in [5, 5.41) is 4.51. The Bertz CT molecular complexity index is 935. The van der Waals surface area contributed by atoms with Gasteiger partial charge in [-0.15, -0.1) is 0 Å². The maximum Gasteiger partial charge on any atom is 0.355 e. The molecule has 1 atom stereocenters. The fourth-order valence-electron chi connectivity index (χ4n) is 2.54. The highest BCUT2D eigenvalue weighted by Gasteiger charge is 2.15. The van der Waals surface area contributed by atoms with Gasteiger partial charge in [-0.2, -0.15) is 0 Å². The monoisotopic (exact) mass is 390 g/mol. The zero-order valence-electron chi connectivity index (χ0n) is 13.9. The van der Waals surface area contributed by atoms with E-state index in [0.29, 0.717) is 15.7 Å². The summed E-state index contributed by atoms with van der Waals surface area (Å²) >= 11 is 11.9. The number of rotatable bonds is 5. The Kier molecular flexibility index (Phi) is 5.49. The van der Waals surface area contributed by atoms with Crippen LogP contribution in [0.2, 0.25) is 10.0 Å². The van der Waals surface area contributed by atoms with Crippen LogP contribution in [0.4, 0.5) is 0 Å². The number of hydrogen-bond donors (Lipinski definition) is 2. The number of H-pyrrole nitrogens is 1. The number of halogens is 2. The highest BCUT2D eigenvalue weighted by atomic mass is 35.5. The van der Waals surface area contributed by atoms with Gasteiger partial charge in [0.2, 0.25) is 0 Å². The lowest BCUT2D eigenvalue weighted by molar-refractivity contribution is -0.124. The Morgan fingerprint density at radius 2 is 1.88 bits per heavy atom. The van der Waals surface area contributed by atoms with E-state index in [1.165, 1.54) is 0 Å². The zero-order chi connectivity index (χ0) is 18.7. The van der Waals surface area contributed by atoms with Crippen molar-refractivity contribution in [3.05, 3.63) is 69.8 Å². The lowest BCUT2D eigenvalue weighted by Gasteiger charge is -2.15. The van der Waals surface area contributed by atoms with Gasteiger partial charge in [-0.25, -0.2) is 4.79 Å². The molecule has 0 aliphatic rings. The molecule has 0 aliphatic carbocycles. The average molecular weight is 391 g/mol. The standard InChI is InChI=1S/C19H16Cl2N2O3/c1-11(12-6-7-14(20)15(21)8-12)22-18(24)10-26-19(25)17-9-13-4-2-3-5-16(13)23-17/h2-9,11,23H,10H2,1H3,(H,22,24)/t11-/m1/s1. The van der Waals surface area contributed by atoms with E-state index in [-0.39, 0.29) is 12.6 Å². The number of para-hydroxylation sites is 1. The maximum atomic E-state index is 12.1. The summed E-state index contributed by atoms with van der Waals surface area (Å²) in [6, 6.07) is 14.0. The third-order valence-electron chi connectivity index (χ3n) is 3.91. The fraction of sp³-hybridized carbons (Fsp3) is 0.158. The Balaban J connectivity index is 1.56. The minimum Gasteiger partial charge on any atom is -0.451 e. The molecule has 0 saturated heterocycles. The van der Waals surface area contributed by atoms with Crippen molar-refractivity contribution in [3.8, 4) is 0 Å². The first-order valence-corrected chi connectivity index (χ1v) is 8.69. The molecule has 0 unspecified atom stereocenters. The molecule has 0 spiro atoms. The van der Waals surface area contributed by atoms with Crippen molar-refractivity contribution < 1.29 is 14.3 Å². The summed E-state index contributed by atoms with van der Waals surface area (Å²) in [6.45, 7) is 1.43. The number of hydrogen-bond acceptors (Lipinski definition) is 3. The number of aromatic amines is 1. The molecule has 134 valence electrons. The van der Waals surface area contributed by atoms with Crippen molar-refractivity contribution in [2.45, 2.75) is 13.0 Å². The van der Waals surface area contributed by atoms with Crippen LogP contribution >= 0.6 is 23.2 Å². The van der Waals surface area contributed by atoms with Crippen LogP contribution in [-0.2, 0) is 9.53 Å². The van der Waals surface area contributed by atoms with Crippen LogP contribution in [0.1, 0.15) is 29.0 Å². The second kappa shape index (κ2) is 7.81. The molecule has 26 heavy (non-hydrogen) atoms. The van der Waals surface area contributed by atoms with E-state index in [0.717, 1.165) is 16.5 Å². The molecule has 1 amide bonds. The molecule has 1 aromatic heterocycles. The molecule has 0 radical (unpaired) electrons. The first kappa shape index (κ1) is 18.3. The first-order chi connectivity index (χ1) is 12.4. The number of aromatic nitrogens is 1. The van der Waals surface area contributed by atoms with Crippen LogP contribution < -0.4 is 5.32 Å². The van der Waals surface area contributed by atoms with Crippen LogP contribution in [0, 0.1) is 0 Å². The minimum atomic E-state index is -0.585. The zero-order valence-corrected chi connectivity index (χ0v) is 15.4. The normalized spacial score (nSPS) is 12.0. The third-order valence-corrected chi connectivity index (χ3v) is 4.64. The van der Waals surface area contributed by atoms with Crippen molar-refractivity contribution in [2.24, 2.45) is 0 Å². The Morgan fingerprint density at radius 1 is 1.12 bits per heavy atom. The van der Waals surface area contributed by atoms with Gasteiger partial charge in [-0.1, -0.05) is 47.5 Å². The summed E-state index contributed by atoms with van der Waals surface area (Å²) in [6.07, 6.45) is 0. The van der Waals surface area contributed by atoms with E-state index >= 15 is 0 Å². The highest BCUT2D eigenvalue weighted by molar-refractivity contribution is 6.42. The van der Waals surface area contributed by atoms with Crippen molar-refractivity contribution in [1.82, 2.24) is 10.3 Å². The lowest BCUT2D eigenvalue weighted by Crippen LogP contribution is -2.31. The van der Waals surface area contributed by atoms with Gasteiger partial charge in [-0.3, -0.25) is 4.79 Å². The van der Waals surface area contributed by atoms with E-state index in [4.69, 9.17) is 27.9 Å². The predicted molar refractivity (Wildman–Crippen MR) is 102 cm³/mol. The van der Waals surface area contributed by atoms with Crippen LogP contribution in [0.5, 0.6) is 0 Å². The molecule has 7 heteroatoms. The number of carbonyl (C=O) groups is 2. The molecule has 0 saturated carbocycles. The van der Waals surface area contributed by atoms with Crippen LogP contribution in [0.15, 0.2) is 48.5 Å². The van der Waals surface area contributed by atoms with E-state index in [1.807, 2.05) is 24.3 Å². The number of ether oxygens (including phenoxy) is 1. The number of esters is 1. The molecule has 1 heterocycles. The van der Waals surface area contributed by atoms with Gasteiger partial charge in [0, 0.05) is 10.9 Å². The molecule has 3 aromatic rings. The second-order valence-electron chi connectivity index (χ2n) is 5.81. The van der Waals surface area contributed by atoms with Gasteiger partial charge >= 0.3 is 5.97 Å². The molecule has 2 aromatic carbocycles. The summed E-state index contributed by atoms with van der Waals surface area (Å²) in [4.78, 5) is 27.1. The van der Waals surface area contributed by atoms with Crippen LogP contribution in [-0.4, -0.2) is 23.5 Å². The molecule has 5 nitrogen and oxygen atoms in total. The summed E-state index contributed by atoms with van der Waals surface area (Å²) in [7, 11) is 0. The van der Waals surface area contributed by atoms with Crippen molar-refractivity contribution in [1.29, 1.82) is 0 Å². The molecule has 0 bridgehead atoms. The van der Waals surface area contributed by atoms with Gasteiger partial charge in [0.05, 0.1) is 16.1 Å². The van der Waals surface area contributed by atoms with Crippen LogP contribution in [0.25, 0.3) is 10.9 Å². The summed E-state index contributed by atoms with van der Waals surface area (Å²) in [5.74, 6) is -0.994. The van der Waals surface area contributed by atoms with Gasteiger partial charge in [0.15, 0.2) is 6.61 Å². The number of benzene rings is 2. The molecule has 0 aliphatic heterocycles. The number of nitrogens with one attached hydrogen (secondary N) is 2. The smallest absolute Gasteiger partial charge is 0.355 e. The predicted octanol–water partition coefficient (Wildman–Crippen LogP) is 4.51. The second-order valence-corrected chi connectivity index (χ2v) is 6.62. The molecule has 2 N–H and O–H groups in total. The quantitative estimate of drug-likeness (QED) is 0.629. The van der Waals surface area contributed by atoms with Crippen molar-refractivity contribution in [3.63, 3.8) is 0 Å². The minimum absolute atomic E-state index is 0.302. The molecular formula is C19H16Cl2N2O3. The molecule has 0 fully saturated rings. The average Bonchev–Trinajstić information content (AvgIpc) is 3.06. The Hall–Kier alpha value is -2.50. The SMILES string of the molecule is C[C@@H](NC(=O)COC(=O)c1cc2ccccc2[nH]1)c1ccc(Cl)c(Cl)c1. The molecular weight excluding hydrogens is 375 g/mol. The topological polar surface area (TPSA) is 71.2 Å². The van der Waals surface area contributed by atoms with E-state index < -0.39 is 11.9 Å².